The molecule has 0 bridgehead atoms. The molecule has 7 nitrogen and oxygen atoms in total. The smallest absolute Gasteiger partial charge is 0.212 e. The van der Waals surface area contributed by atoms with E-state index >= 15 is 0 Å². The van der Waals surface area contributed by atoms with Gasteiger partial charge < -0.3 is 5.11 Å². The van der Waals surface area contributed by atoms with Crippen molar-refractivity contribution in [3.63, 3.8) is 0 Å². The van der Waals surface area contributed by atoms with Crippen LogP contribution >= 0.6 is 0 Å². The highest BCUT2D eigenvalue weighted by molar-refractivity contribution is 7.89. The number of hydrogen-bond acceptors (Lipinski definition) is 5. The first kappa shape index (κ1) is 12.8. The first-order valence-corrected chi connectivity index (χ1v) is 7.88. The fraction of sp³-hybridized carbons (Fsp3) is 1.00. The Kier molecular flexibility index (Phi) is 3.41. The quantitative estimate of drug-likeness (QED) is 0.622. The highest BCUT2D eigenvalue weighted by Crippen LogP contribution is 2.18. The summed E-state index contributed by atoms with van der Waals surface area (Å²) >= 11 is 0. The van der Waals surface area contributed by atoms with Crippen LogP contribution in [0.2, 0.25) is 0 Å². The van der Waals surface area contributed by atoms with E-state index in [2.05, 4.69) is 0 Å². The Balaban J connectivity index is 2.95. The Labute approximate surface area is 89.4 Å². The second-order valence-electron chi connectivity index (χ2n) is 3.53. The van der Waals surface area contributed by atoms with Crippen LogP contribution in [-0.2, 0) is 20.0 Å². The van der Waals surface area contributed by atoms with Gasteiger partial charge in [-0.05, 0) is 0 Å². The molecule has 0 aromatic heterocycles. The molecule has 1 heterocycles. The van der Waals surface area contributed by atoms with E-state index in [4.69, 9.17) is 5.11 Å². The van der Waals surface area contributed by atoms with Gasteiger partial charge in [-0.3, -0.25) is 0 Å². The van der Waals surface area contributed by atoms with Crippen LogP contribution in [0.3, 0.4) is 0 Å². The van der Waals surface area contributed by atoms with E-state index in [-0.39, 0.29) is 19.8 Å². The van der Waals surface area contributed by atoms with Crippen LogP contribution in [0.25, 0.3) is 0 Å². The molecular formula is C6H14N2O5S2. The average Bonchev–Trinajstić information content (AvgIpc) is 2.44. The summed E-state index contributed by atoms with van der Waals surface area (Å²) in [5.74, 6) is 0. The molecule has 1 N–H and O–H groups in total. The molecule has 0 amide bonds. The molecule has 1 rings (SSSR count). The van der Waals surface area contributed by atoms with Crippen molar-refractivity contribution in [2.24, 2.45) is 0 Å². The van der Waals surface area contributed by atoms with Gasteiger partial charge in [-0.15, -0.1) is 0 Å². The van der Waals surface area contributed by atoms with Crippen LogP contribution in [0.1, 0.15) is 0 Å². The van der Waals surface area contributed by atoms with Crippen LogP contribution in [-0.4, -0.2) is 68.9 Å². The van der Waals surface area contributed by atoms with E-state index in [0.29, 0.717) is 0 Å². The number of hydrogen-bond donors (Lipinski definition) is 1. The van der Waals surface area contributed by atoms with E-state index in [1.165, 1.54) is 0 Å². The standard InChI is InChI=1S/C6H14N2O5S2/c1-14(10,11)7-3-6(4-9)8(5-7)15(2,12)13/h6,9H,3-5H2,1-2H3. The third-order valence-corrected chi connectivity index (χ3v) is 4.69. The van der Waals surface area contributed by atoms with Gasteiger partial charge in [0, 0.05) is 6.54 Å². The van der Waals surface area contributed by atoms with E-state index in [9.17, 15) is 16.8 Å². The van der Waals surface area contributed by atoms with Gasteiger partial charge in [-0.1, -0.05) is 0 Å². The predicted octanol–water partition coefficient (Wildman–Crippen LogP) is -2.16. The normalized spacial score (nSPS) is 25.9. The predicted molar refractivity (Wildman–Crippen MR) is 54.0 cm³/mol. The molecule has 0 saturated carbocycles. The summed E-state index contributed by atoms with van der Waals surface area (Å²) in [5, 5.41) is 8.96. The molecule has 0 aliphatic carbocycles. The maximum absolute atomic E-state index is 11.3. The summed E-state index contributed by atoms with van der Waals surface area (Å²) in [5.41, 5.74) is 0. The Morgan fingerprint density at radius 1 is 1.20 bits per heavy atom. The Morgan fingerprint density at radius 2 is 1.73 bits per heavy atom. The zero-order valence-electron chi connectivity index (χ0n) is 8.49. The highest BCUT2D eigenvalue weighted by atomic mass is 32.2. The van der Waals surface area contributed by atoms with Crippen LogP contribution < -0.4 is 0 Å². The maximum atomic E-state index is 11.3. The molecule has 90 valence electrons. The van der Waals surface area contributed by atoms with Crippen molar-refractivity contribution < 1.29 is 21.9 Å². The van der Waals surface area contributed by atoms with Crippen molar-refractivity contribution >= 4 is 20.0 Å². The SMILES string of the molecule is CS(=O)(=O)N1CC(CO)N(S(C)(=O)=O)C1. The number of sulfonamides is 2. The number of nitrogens with zero attached hydrogens (tertiary/aromatic N) is 2. The summed E-state index contributed by atoms with van der Waals surface area (Å²) in [7, 11) is -6.91. The highest BCUT2D eigenvalue weighted by Gasteiger charge is 2.39. The van der Waals surface area contributed by atoms with Crippen LogP contribution in [0.15, 0.2) is 0 Å². The topological polar surface area (TPSA) is 95.0 Å². The van der Waals surface area contributed by atoms with Gasteiger partial charge in [-0.2, -0.15) is 8.61 Å². The van der Waals surface area contributed by atoms with Crippen LogP contribution in [0.5, 0.6) is 0 Å². The van der Waals surface area contributed by atoms with Gasteiger partial charge in [-0.25, -0.2) is 16.8 Å². The Morgan fingerprint density at radius 3 is 2.00 bits per heavy atom. The van der Waals surface area contributed by atoms with Crippen molar-refractivity contribution in [2.75, 3.05) is 32.3 Å². The molecule has 0 spiro atoms. The summed E-state index contributed by atoms with van der Waals surface area (Å²) < 4.78 is 46.9. The lowest BCUT2D eigenvalue weighted by Crippen LogP contribution is -2.38. The van der Waals surface area contributed by atoms with Gasteiger partial charge in [0.1, 0.15) is 0 Å². The Hall–Kier alpha value is -0.220. The molecule has 0 aromatic carbocycles. The van der Waals surface area contributed by atoms with Gasteiger partial charge >= 0.3 is 0 Å². The van der Waals surface area contributed by atoms with E-state index in [0.717, 1.165) is 21.1 Å². The monoisotopic (exact) mass is 258 g/mol. The van der Waals surface area contributed by atoms with Crippen molar-refractivity contribution in [1.29, 1.82) is 0 Å². The molecule has 1 saturated heterocycles. The summed E-state index contributed by atoms with van der Waals surface area (Å²) in [6.45, 7) is -0.607. The second kappa shape index (κ2) is 3.98. The summed E-state index contributed by atoms with van der Waals surface area (Å²) in [6, 6.07) is -0.685. The first-order valence-electron chi connectivity index (χ1n) is 4.19. The minimum Gasteiger partial charge on any atom is -0.395 e. The minimum atomic E-state index is -3.49. The molecule has 1 aliphatic heterocycles. The second-order valence-corrected chi connectivity index (χ2v) is 7.44. The first-order chi connectivity index (χ1) is 6.66. The third-order valence-electron chi connectivity index (χ3n) is 2.22. The van der Waals surface area contributed by atoms with Crippen LogP contribution in [0.4, 0.5) is 0 Å². The van der Waals surface area contributed by atoms with Crippen molar-refractivity contribution in [3.05, 3.63) is 0 Å². The summed E-state index contributed by atoms with van der Waals surface area (Å²) in [6.07, 6.45) is 1.99. The van der Waals surface area contributed by atoms with Crippen LogP contribution in [0, 0.1) is 0 Å². The molecule has 1 unspecified atom stereocenters. The Bertz CT molecular complexity index is 428. The average molecular weight is 258 g/mol. The molecule has 15 heavy (non-hydrogen) atoms. The number of aliphatic hydroxyl groups excluding tert-OH is 1. The number of aliphatic hydroxyl groups is 1. The lowest BCUT2D eigenvalue weighted by Gasteiger charge is -2.18. The van der Waals surface area contributed by atoms with Crippen molar-refractivity contribution in [1.82, 2.24) is 8.61 Å². The van der Waals surface area contributed by atoms with Crippen molar-refractivity contribution in [3.8, 4) is 0 Å². The fourth-order valence-corrected chi connectivity index (χ4v) is 3.29. The molecule has 1 fully saturated rings. The van der Waals surface area contributed by atoms with E-state index in [1.54, 1.807) is 0 Å². The van der Waals surface area contributed by atoms with Gasteiger partial charge in [0.25, 0.3) is 0 Å². The zero-order chi connectivity index (χ0) is 11.9. The minimum absolute atomic E-state index is 0.00238. The van der Waals surface area contributed by atoms with Gasteiger partial charge in [0.2, 0.25) is 20.0 Å². The van der Waals surface area contributed by atoms with Crippen molar-refractivity contribution in [2.45, 2.75) is 6.04 Å². The lowest BCUT2D eigenvalue weighted by atomic mass is 10.3. The molecule has 9 heteroatoms. The molecular weight excluding hydrogens is 244 g/mol. The van der Waals surface area contributed by atoms with E-state index < -0.39 is 26.1 Å². The largest absolute Gasteiger partial charge is 0.395 e. The zero-order valence-corrected chi connectivity index (χ0v) is 10.1. The van der Waals surface area contributed by atoms with Gasteiger partial charge in [0.05, 0.1) is 31.8 Å². The van der Waals surface area contributed by atoms with E-state index in [1.807, 2.05) is 0 Å². The fourth-order valence-electron chi connectivity index (χ4n) is 1.42. The summed E-state index contributed by atoms with van der Waals surface area (Å²) in [4.78, 5) is 0. The molecule has 0 aromatic rings. The lowest BCUT2D eigenvalue weighted by molar-refractivity contribution is 0.220. The number of rotatable bonds is 3. The molecule has 0 radical (unpaired) electrons. The molecule has 1 aliphatic rings. The third kappa shape index (κ3) is 2.88. The van der Waals surface area contributed by atoms with Gasteiger partial charge in [0.15, 0.2) is 0 Å². The molecule has 1 atom stereocenters. The maximum Gasteiger partial charge on any atom is 0.212 e.